The Morgan fingerprint density at radius 3 is 2.44 bits per heavy atom. The van der Waals surface area contributed by atoms with Crippen LogP contribution in [0.3, 0.4) is 0 Å². The molecule has 1 unspecified atom stereocenters. The number of ketones is 1. The Bertz CT molecular complexity index is 1390. The molecule has 202 valence electrons. The van der Waals surface area contributed by atoms with Crippen molar-refractivity contribution in [3.63, 3.8) is 0 Å². The molecule has 2 aliphatic heterocycles. The third-order valence-corrected chi connectivity index (χ3v) is 6.69. The highest BCUT2D eigenvalue weighted by atomic mass is 19.4. The number of hydrogen-bond donors (Lipinski definition) is 1. The summed E-state index contributed by atoms with van der Waals surface area (Å²) in [6.45, 7) is 0.837. The summed E-state index contributed by atoms with van der Waals surface area (Å²) >= 11 is 0. The van der Waals surface area contributed by atoms with E-state index in [1.54, 1.807) is 12.1 Å². The molecule has 3 aromatic rings. The molecule has 0 aliphatic carbocycles. The van der Waals surface area contributed by atoms with Gasteiger partial charge in [-0.05, 0) is 42.7 Å². The first-order valence-electron chi connectivity index (χ1n) is 12.3. The average molecular weight is 540 g/mol. The fourth-order valence-corrected chi connectivity index (χ4v) is 4.76. The third-order valence-electron chi connectivity index (χ3n) is 6.69. The number of Topliss-reactive ketones (excluding diaryl/α,β-unsaturated/α-hetero) is 1. The van der Waals surface area contributed by atoms with Gasteiger partial charge < -0.3 is 19.5 Å². The first-order chi connectivity index (χ1) is 18.8. The van der Waals surface area contributed by atoms with Crippen molar-refractivity contribution >= 4 is 17.4 Å². The zero-order chi connectivity index (χ0) is 27.6. The minimum atomic E-state index is -4.62. The number of likely N-dealkylation sites (tertiary alicyclic amines) is 1. The molecule has 8 nitrogen and oxygen atoms in total. The molecule has 2 fully saturated rings. The summed E-state index contributed by atoms with van der Waals surface area (Å²) in [5.41, 5.74) is -0.505. The van der Waals surface area contributed by atoms with E-state index >= 15 is 0 Å². The zero-order valence-electron chi connectivity index (χ0n) is 20.6. The summed E-state index contributed by atoms with van der Waals surface area (Å²) < 4.78 is 50.9. The largest absolute Gasteiger partial charge is 0.505 e. The highest BCUT2D eigenvalue weighted by molar-refractivity contribution is 6.46. The van der Waals surface area contributed by atoms with Crippen LogP contribution in [0.1, 0.15) is 41.4 Å². The Balaban J connectivity index is 1.59. The minimum Gasteiger partial charge on any atom is -0.505 e. The number of nitrogens with zero attached hydrogens (tertiary/aromatic N) is 3. The van der Waals surface area contributed by atoms with E-state index in [2.05, 4.69) is 9.97 Å². The van der Waals surface area contributed by atoms with Crippen molar-refractivity contribution in [2.24, 2.45) is 0 Å². The second-order valence-corrected chi connectivity index (χ2v) is 9.14. The van der Waals surface area contributed by atoms with Crippen LogP contribution in [-0.2, 0) is 27.1 Å². The Kier molecular flexibility index (Phi) is 7.34. The van der Waals surface area contributed by atoms with Crippen LogP contribution in [0.15, 0.2) is 72.6 Å². The molecule has 2 saturated heterocycles. The molecule has 1 aromatic carbocycles. The number of pyridine rings is 2. The maximum atomic E-state index is 13.4. The van der Waals surface area contributed by atoms with Crippen LogP contribution in [0.5, 0.6) is 5.75 Å². The van der Waals surface area contributed by atoms with Crippen molar-refractivity contribution in [2.45, 2.75) is 37.7 Å². The van der Waals surface area contributed by atoms with Crippen LogP contribution in [0.4, 0.5) is 13.2 Å². The number of alkyl halides is 3. The lowest BCUT2D eigenvalue weighted by Crippen LogP contribution is -2.42. The van der Waals surface area contributed by atoms with E-state index in [1.807, 2.05) is 30.3 Å². The number of halogens is 3. The summed E-state index contributed by atoms with van der Waals surface area (Å²) in [5, 5.41) is 11.4. The average Bonchev–Trinajstić information content (AvgIpc) is 3.22. The first-order valence-corrected chi connectivity index (χ1v) is 12.3. The van der Waals surface area contributed by atoms with Gasteiger partial charge in [-0.15, -0.1) is 0 Å². The van der Waals surface area contributed by atoms with Gasteiger partial charge in [0.1, 0.15) is 24.1 Å². The van der Waals surface area contributed by atoms with E-state index in [1.165, 1.54) is 11.1 Å². The Morgan fingerprint density at radius 2 is 1.77 bits per heavy atom. The maximum Gasteiger partial charge on any atom is 0.417 e. The summed E-state index contributed by atoms with van der Waals surface area (Å²) in [6, 6.07) is 12.7. The summed E-state index contributed by atoms with van der Waals surface area (Å²) in [7, 11) is 0. The monoisotopic (exact) mass is 539 g/mol. The molecule has 0 spiro atoms. The standard InChI is InChI=1S/C28H24F3N3O5/c29-28(30,31)18-8-9-20(33-15-18)24-22(26(36)27(37)34(24)19-10-13-38-14-11-19)25(35)23-21(7-4-12-32-23)39-16-17-5-2-1-3-6-17/h1-9,12,15,19,24,35H,10-11,13-14,16H2/b25-22+. The Labute approximate surface area is 221 Å². The predicted octanol–water partition coefficient (Wildman–Crippen LogP) is 4.68. The number of benzene rings is 1. The number of hydrogen-bond acceptors (Lipinski definition) is 7. The smallest absolute Gasteiger partial charge is 0.417 e. The lowest BCUT2D eigenvalue weighted by Gasteiger charge is -2.35. The van der Waals surface area contributed by atoms with E-state index in [4.69, 9.17) is 9.47 Å². The normalized spacial score (nSPS) is 19.9. The van der Waals surface area contributed by atoms with E-state index < -0.39 is 41.3 Å². The molecule has 0 radical (unpaired) electrons. The Morgan fingerprint density at radius 1 is 1.03 bits per heavy atom. The molecule has 4 heterocycles. The van der Waals surface area contributed by atoms with Crippen molar-refractivity contribution in [3.05, 3.63) is 95.1 Å². The fourth-order valence-electron chi connectivity index (χ4n) is 4.76. The van der Waals surface area contributed by atoms with Gasteiger partial charge in [0, 0.05) is 31.6 Å². The number of carbonyl (C=O) groups excluding carboxylic acids is 2. The van der Waals surface area contributed by atoms with Crippen LogP contribution in [0, 0.1) is 0 Å². The molecule has 2 aliphatic rings. The number of rotatable bonds is 6. The summed E-state index contributed by atoms with van der Waals surface area (Å²) in [6.07, 6.45) is -1.75. The van der Waals surface area contributed by atoms with Gasteiger partial charge >= 0.3 is 6.18 Å². The quantitative estimate of drug-likeness (QED) is 0.276. The molecule has 11 heteroatoms. The lowest BCUT2D eigenvalue weighted by atomic mass is 9.97. The van der Waals surface area contributed by atoms with Crippen molar-refractivity contribution in [3.8, 4) is 5.75 Å². The predicted molar refractivity (Wildman–Crippen MR) is 132 cm³/mol. The van der Waals surface area contributed by atoms with Gasteiger partial charge in [-0.3, -0.25) is 14.6 Å². The van der Waals surface area contributed by atoms with Gasteiger partial charge in [0.05, 0.1) is 16.8 Å². The summed E-state index contributed by atoms with van der Waals surface area (Å²) in [4.78, 5) is 36.1. The molecule has 5 rings (SSSR count). The topological polar surface area (TPSA) is 102 Å². The van der Waals surface area contributed by atoms with Crippen LogP contribution in [0.2, 0.25) is 0 Å². The SMILES string of the molecule is O=C1C(=O)N(C2CCOCC2)C(c2ccc(C(F)(F)F)cn2)/C1=C(\O)c1ncccc1OCc1ccccc1. The zero-order valence-corrected chi connectivity index (χ0v) is 20.6. The molecule has 1 N–H and O–H groups in total. The summed E-state index contributed by atoms with van der Waals surface area (Å²) in [5.74, 6) is -2.29. The molecule has 39 heavy (non-hydrogen) atoms. The van der Waals surface area contributed by atoms with E-state index in [-0.39, 0.29) is 29.3 Å². The van der Waals surface area contributed by atoms with E-state index in [0.29, 0.717) is 32.3 Å². The number of aromatic nitrogens is 2. The van der Waals surface area contributed by atoms with Crippen molar-refractivity contribution < 1.29 is 37.3 Å². The minimum absolute atomic E-state index is 0.0120. The second kappa shape index (κ2) is 10.9. The van der Waals surface area contributed by atoms with Gasteiger partial charge in [-0.25, -0.2) is 4.98 Å². The van der Waals surface area contributed by atoms with Crippen molar-refractivity contribution in [1.29, 1.82) is 0 Å². The van der Waals surface area contributed by atoms with Crippen molar-refractivity contribution in [2.75, 3.05) is 13.2 Å². The number of carbonyl (C=O) groups is 2. The molecular weight excluding hydrogens is 515 g/mol. The van der Waals surface area contributed by atoms with Crippen LogP contribution in [-0.4, -0.2) is 50.9 Å². The van der Waals surface area contributed by atoms with Crippen molar-refractivity contribution in [1.82, 2.24) is 14.9 Å². The van der Waals surface area contributed by atoms with Crippen LogP contribution in [0.25, 0.3) is 5.76 Å². The second-order valence-electron chi connectivity index (χ2n) is 9.14. The first kappa shape index (κ1) is 26.4. The van der Waals surface area contributed by atoms with Gasteiger partial charge in [-0.2, -0.15) is 13.2 Å². The van der Waals surface area contributed by atoms with E-state index in [0.717, 1.165) is 17.7 Å². The van der Waals surface area contributed by atoms with Gasteiger partial charge in [0.25, 0.3) is 11.7 Å². The van der Waals surface area contributed by atoms with Crippen LogP contribution >= 0.6 is 0 Å². The number of aliphatic hydroxyl groups is 1. The van der Waals surface area contributed by atoms with E-state index in [9.17, 15) is 27.9 Å². The molecule has 1 atom stereocenters. The number of aliphatic hydroxyl groups excluding tert-OH is 1. The molecule has 0 bridgehead atoms. The lowest BCUT2D eigenvalue weighted by molar-refractivity contribution is -0.142. The fraction of sp³-hybridized carbons (Fsp3) is 0.286. The molecule has 2 aromatic heterocycles. The Hall–Kier alpha value is -4.25. The highest BCUT2D eigenvalue weighted by Gasteiger charge is 2.50. The maximum absolute atomic E-state index is 13.4. The third kappa shape index (κ3) is 5.35. The molecule has 1 amide bonds. The number of ether oxygens (including phenoxy) is 2. The van der Waals surface area contributed by atoms with Gasteiger partial charge in [0.15, 0.2) is 5.76 Å². The number of amides is 1. The highest BCUT2D eigenvalue weighted by Crippen LogP contribution is 2.42. The van der Waals surface area contributed by atoms with Gasteiger partial charge in [0.2, 0.25) is 0 Å². The molecule has 0 saturated carbocycles. The van der Waals surface area contributed by atoms with Gasteiger partial charge in [-0.1, -0.05) is 30.3 Å². The molecular formula is C28H24F3N3O5. The van der Waals surface area contributed by atoms with Crippen LogP contribution < -0.4 is 4.74 Å².